The first-order valence-electron chi connectivity index (χ1n) is 12.2. The number of nitrogens with zero attached hydrogens (tertiary/aromatic N) is 5. The zero-order valence-corrected chi connectivity index (χ0v) is 23.2. The van der Waals surface area contributed by atoms with Gasteiger partial charge in [0.05, 0.1) is 22.0 Å². The molecule has 1 unspecified atom stereocenters. The van der Waals surface area contributed by atoms with Gasteiger partial charge in [-0.3, -0.25) is 0 Å². The van der Waals surface area contributed by atoms with Crippen molar-refractivity contribution < 1.29 is 18.5 Å². The maximum absolute atomic E-state index is 13.6. The van der Waals surface area contributed by atoms with Crippen molar-refractivity contribution in [2.45, 2.75) is 44.9 Å². The number of hydroxylamine groups is 1. The number of piperidine rings is 1. The molecule has 2 N–H and O–H groups in total. The topological polar surface area (TPSA) is 94.3 Å². The van der Waals surface area contributed by atoms with E-state index in [-0.39, 0.29) is 12.6 Å². The molecule has 0 spiro atoms. The fourth-order valence-electron chi connectivity index (χ4n) is 4.45. The summed E-state index contributed by atoms with van der Waals surface area (Å²) >= 11 is 10.7. The average Bonchev–Trinajstić information content (AvgIpc) is 2.87. The predicted molar refractivity (Wildman–Crippen MR) is 148 cm³/mol. The third-order valence-electron chi connectivity index (χ3n) is 6.63. The van der Waals surface area contributed by atoms with Gasteiger partial charge in [-0.05, 0) is 58.5 Å². The molecule has 1 fully saturated rings. The molecule has 1 aliphatic rings. The van der Waals surface area contributed by atoms with Gasteiger partial charge >= 0.3 is 0 Å². The Kier molecular flexibility index (Phi) is 8.33. The second-order valence-corrected chi connectivity index (χ2v) is 11.1. The molecule has 0 aliphatic carbocycles. The summed E-state index contributed by atoms with van der Waals surface area (Å²) in [4.78, 5) is 10.4. The van der Waals surface area contributed by atoms with Gasteiger partial charge in [-0.1, -0.05) is 37.6 Å². The average molecular weight is 558 g/mol. The molecule has 0 saturated carbocycles. The number of quaternary nitrogens is 1. The Morgan fingerprint density at radius 1 is 1.24 bits per heavy atom. The Morgan fingerprint density at radius 3 is 2.55 bits per heavy atom. The van der Waals surface area contributed by atoms with Crippen molar-refractivity contribution in [2.75, 3.05) is 30.5 Å². The molecule has 1 atom stereocenters. The van der Waals surface area contributed by atoms with Crippen molar-refractivity contribution in [3.05, 3.63) is 76.1 Å². The lowest BCUT2D eigenvalue weighted by molar-refractivity contribution is -0.955. The third kappa shape index (κ3) is 6.66. The number of benzene rings is 2. The molecule has 38 heavy (non-hydrogen) atoms. The predicted octanol–water partition coefficient (Wildman–Crippen LogP) is 5.85. The van der Waals surface area contributed by atoms with Crippen molar-refractivity contribution in [3.8, 4) is 11.8 Å². The van der Waals surface area contributed by atoms with E-state index in [9.17, 15) is 14.9 Å². The minimum Gasteiger partial charge on any atom is -0.487 e. The molecule has 200 valence electrons. The van der Waals surface area contributed by atoms with Crippen LogP contribution >= 0.6 is 24.4 Å². The van der Waals surface area contributed by atoms with Crippen LogP contribution in [-0.4, -0.2) is 45.6 Å². The molecule has 1 aliphatic heterocycles. The summed E-state index contributed by atoms with van der Waals surface area (Å²) in [6.45, 7) is 5.45. The zero-order chi connectivity index (χ0) is 27.5. The lowest BCUT2D eigenvalue weighted by Gasteiger charge is -2.33. The Bertz CT molecular complexity index is 1320. The Morgan fingerprint density at radius 2 is 1.92 bits per heavy atom. The summed E-state index contributed by atoms with van der Waals surface area (Å²) in [5, 5.41) is 20.1. The highest BCUT2D eigenvalue weighted by Gasteiger charge is 2.28. The van der Waals surface area contributed by atoms with Crippen molar-refractivity contribution in [3.63, 3.8) is 0 Å². The first-order valence-corrected chi connectivity index (χ1v) is 13.0. The number of nitrogens with one attached hydrogen (secondary N) is 1. The third-order valence-corrected chi connectivity index (χ3v) is 7.02. The standard InChI is InChI=1S/C27H31ClFN6O2S/c1-27(2,20-14-18(16-30)25(24(28)15-20)34-12-9-21(29)10-13-34)19-4-6-23(7-5-19)37-17-22-8-11-31-26(32-22)33-35(3,36)38/h4-8,11,14-15,21,36,38H,9-10,12-13,17H2,1-3H3,(H,31,32,33)/q+1. The van der Waals surface area contributed by atoms with E-state index in [4.69, 9.17) is 16.3 Å². The number of anilines is 2. The van der Waals surface area contributed by atoms with Gasteiger partial charge < -0.3 is 9.64 Å². The molecule has 0 bridgehead atoms. The number of nitriles is 1. The van der Waals surface area contributed by atoms with Crippen molar-refractivity contribution in [2.24, 2.45) is 0 Å². The number of rotatable bonds is 8. The molecule has 8 nitrogen and oxygen atoms in total. The lowest BCUT2D eigenvalue weighted by atomic mass is 9.77. The van der Waals surface area contributed by atoms with Gasteiger partial charge in [0.1, 0.15) is 44.5 Å². The van der Waals surface area contributed by atoms with Crippen LogP contribution < -0.4 is 15.1 Å². The fourth-order valence-corrected chi connectivity index (χ4v) is 4.88. The minimum atomic E-state index is -0.802. The van der Waals surface area contributed by atoms with E-state index >= 15 is 0 Å². The molecule has 2 heterocycles. The molecule has 1 saturated heterocycles. The molecular weight excluding hydrogens is 527 g/mol. The zero-order valence-electron chi connectivity index (χ0n) is 21.5. The quantitative estimate of drug-likeness (QED) is 0.182. The van der Waals surface area contributed by atoms with Crippen LogP contribution in [0, 0.1) is 11.3 Å². The summed E-state index contributed by atoms with van der Waals surface area (Å²) in [7, 11) is 1.42. The van der Waals surface area contributed by atoms with Crippen LogP contribution in [0.15, 0.2) is 48.7 Å². The molecular formula is C27H31ClFN6O2S+. The van der Waals surface area contributed by atoms with Gasteiger partial charge in [0, 0.05) is 24.7 Å². The van der Waals surface area contributed by atoms with E-state index in [0.29, 0.717) is 53.6 Å². The van der Waals surface area contributed by atoms with Gasteiger partial charge in [-0.2, -0.15) is 15.9 Å². The van der Waals surface area contributed by atoms with Gasteiger partial charge in [0.15, 0.2) is 0 Å². The number of hydrogen-bond donors (Lipinski definition) is 3. The van der Waals surface area contributed by atoms with Crippen LogP contribution in [-0.2, 0) is 12.0 Å². The summed E-state index contributed by atoms with van der Waals surface area (Å²) in [6.07, 6.45) is 1.65. The van der Waals surface area contributed by atoms with Crippen molar-refractivity contribution in [1.82, 2.24) is 9.97 Å². The first-order chi connectivity index (χ1) is 18.0. The molecule has 4 rings (SSSR count). The minimum absolute atomic E-state index is 0.212. The summed E-state index contributed by atoms with van der Waals surface area (Å²) in [6, 6.07) is 15.5. The normalized spacial score (nSPS) is 16.0. The second kappa shape index (κ2) is 11.3. The van der Waals surface area contributed by atoms with Crippen LogP contribution in [0.3, 0.4) is 0 Å². The molecule has 1 aromatic heterocycles. The number of halogens is 2. The molecule has 2 aromatic carbocycles. The van der Waals surface area contributed by atoms with Crippen LogP contribution in [0.4, 0.5) is 16.0 Å². The maximum Gasteiger partial charge on any atom is 0.273 e. The molecule has 0 radical (unpaired) electrons. The summed E-state index contributed by atoms with van der Waals surface area (Å²) in [5.74, 6) is 0.883. The smallest absolute Gasteiger partial charge is 0.273 e. The first kappa shape index (κ1) is 27.9. The van der Waals surface area contributed by atoms with Crippen LogP contribution in [0.5, 0.6) is 5.75 Å². The van der Waals surface area contributed by atoms with Crippen LogP contribution in [0.2, 0.25) is 5.02 Å². The van der Waals surface area contributed by atoms with Crippen molar-refractivity contribution in [1.29, 1.82) is 5.26 Å². The Labute approximate surface area is 232 Å². The number of hydrogen-bond acceptors (Lipinski definition) is 8. The SMILES string of the molecule is CC(C)(c1ccc(OCc2ccnc(N[N+](C)(O)S)n2)cc1)c1cc(Cl)c(N2CCC(F)CC2)c(C#N)c1. The van der Waals surface area contributed by atoms with Crippen molar-refractivity contribution >= 4 is 36.1 Å². The number of thiol groups is 1. The van der Waals surface area contributed by atoms with Gasteiger partial charge in [0.2, 0.25) is 0 Å². The lowest BCUT2D eigenvalue weighted by Crippen LogP contribution is -2.36. The van der Waals surface area contributed by atoms with Crippen LogP contribution in [0.25, 0.3) is 0 Å². The van der Waals surface area contributed by atoms with E-state index in [0.717, 1.165) is 11.1 Å². The highest BCUT2D eigenvalue weighted by Crippen LogP contribution is 2.39. The summed E-state index contributed by atoms with van der Waals surface area (Å²) < 4.78 is 18.7. The van der Waals surface area contributed by atoms with Gasteiger partial charge in [0.25, 0.3) is 5.95 Å². The monoisotopic (exact) mass is 557 g/mol. The van der Waals surface area contributed by atoms with E-state index < -0.39 is 15.7 Å². The van der Waals surface area contributed by atoms with E-state index in [1.54, 1.807) is 12.3 Å². The molecule has 3 aromatic rings. The Hall–Kier alpha value is -3.10. The van der Waals surface area contributed by atoms with E-state index in [1.807, 2.05) is 41.3 Å². The van der Waals surface area contributed by atoms with Gasteiger partial charge in [-0.25, -0.2) is 14.4 Å². The largest absolute Gasteiger partial charge is 0.487 e. The van der Waals surface area contributed by atoms with Gasteiger partial charge in [-0.15, -0.1) is 0 Å². The molecule has 0 amide bonds. The highest BCUT2D eigenvalue weighted by atomic mass is 35.5. The molecule has 11 heteroatoms. The highest BCUT2D eigenvalue weighted by molar-refractivity contribution is 7.74. The fraction of sp³-hybridized carbons (Fsp3) is 0.370. The van der Waals surface area contributed by atoms with E-state index in [2.05, 4.69) is 48.1 Å². The summed E-state index contributed by atoms with van der Waals surface area (Å²) in [5.41, 5.74) is 5.94. The number of aromatic nitrogens is 2. The second-order valence-electron chi connectivity index (χ2n) is 9.96. The van der Waals surface area contributed by atoms with Crippen LogP contribution in [0.1, 0.15) is 49.1 Å². The van der Waals surface area contributed by atoms with E-state index in [1.165, 1.54) is 7.05 Å². The maximum atomic E-state index is 13.6. The number of ether oxygens (including phenoxy) is 1. The number of alkyl halides is 1. The Balaban J connectivity index is 1.48.